The minimum atomic E-state index is -0.462. The van der Waals surface area contributed by atoms with E-state index in [9.17, 15) is 14.4 Å². The van der Waals surface area contributed by atoms with E-state index in [1.807, 2.05) is 42.5 Å². The highest BCUT2D eigenvalue weighted by Crippen LogP contribution is 2.34. The lowest BCUT2D eigenvalue weighted by molar-refractivity contribution is -0.118. The molecule has 5 rings (SSSR count). The summed E-state index contributed by atoms with van der Waals surface area (Å²) in [5.74, 6) is -0.146. The first-order valence-electron chi connectivity index (χ1n) is 11.0. The predicted molar refractivity (Wildman–Crippen MR) is 127 cm³/mol. The molecule has 0 unspecified atom stereocenters. The average molecular weight is 454 g/mol. The van der Waals surface area contributed by atoms with E-state index in [1.165, 1.54) is 4.90 Å². The van der Waals surface area contributed by atoms with Crippen LogP contribution in [0.4, 0.5) is 5.69 Å². The van der Waals surface area contributed by atoms with Gasteiger partial charge in [-0.3, -0.25) is 19.3 Å². The Morgan fingerprint density at radius 2 is 1.50 bits per heavy atom. The number of ether oxygens (including phenoxy) is 2. The largest absolute Gasteiger partial charge is 0.486 e. The van der Waals surface area contributed by atoms with Crippen LogP contribution in [0.2, 0.25) is 0 Å². The molecule has 0 bridgehead atoms. The van der Waals surface area contributed by atoms with E-state index in [-0.39, 0.29) is 19.0 Å². The summed E-state index contributed by atoms with van der Waals surface area (Å²) in [6, 6.07) is 21.6. The molecule has 0 atom stereocenters. The third kappa shape index (κ3) is 4.15. The molecule has 0 fully saturated rings. The first-order valence-corrected chi connectivity index (χ1v) is 11.0. The number of rotatable bonds is 6. The molecule has 0 spiro atoms. The van der Waals surface area contributed by atoms with Gasteiger partial charge >= 0.3 is 0 Å². The van der Waals surface area contributed by atoms with E-state index in [1.54, 1.807) is 42.5 Å². The van der Waals surface area contributed by atoms with Crippen LogP contribution in [0.3, 0.4) is 0 Å². The number of amides is 3. The minimum Gasteiger partial charge on any atom is -0.486 e. The van der Waals surface area contributed by atoms with Crippen molar-refractivity contribution < 1.29 is 23.9 Å². The quantitative estimate of drug-likeness (QED) is 0.530. The summed E-state index contributed by atoms with van der Waals surface area (Å²) < 4.78 is 11.3. The van der Waals surface area contributed by atoms with E-state index in [0.717, 1.165) is 10.5 Å². The summed E-state index contributed by atoms with van der Waals surface area (Å²) in [4.78, 5) is 41.5. The molecule has 2 aliphatic heterocycles. The van der Waals surface area contributed by atoms with Gasteiger partial charge < -0.3 is 14.4 Å². The monoisotopic (exact) mass is 454 g/mol. The van der Waals surface area contributed by atoms with E-state index in [4.69, 9.17) is 9.47 Å². The van der Waals surface area contributed by atoms with Gasteiger partial charge in [0.1, 0.15) is 19.8 Å². The summed E-state index contributed by atoms with van der Waals surface area (Å²) in [7, 11) is 0. The van der Waals surface area contributed by atoms with Crippen molar-refractivity contribution in [2.45, 2.75) is 0 Å². The number of benzene rings is 3. The third-order valence-electron chi connectivity index (χ3n) is 5.71. The Labute approximate surface area is 196 Å². The topological polar surface area (TPSA) is 76.2 Å². The van der Waals surface area contributed by atoms with Crippen LogP contribution in [0.1, 0.15) is 26.3 Å². The standard InChI is InChI=1S/C27H22N2O5/c30-25(18-29-26(31)21-10-4-5-11-22(21)27(29)32)28(14-6-9-19-7-2-1-3-8-19)20-12-13-23-24(17-20)34-16-15-33-23/h1-13,17H,14-16,18H2. The molecule has 3 aromatic carbocycles. The van der Waals surface area contributed by atoms with Gasteiger partial charge in [0.15, 0.2) is 11.5 Å². The fourth-order valence-electron chi connectivity index (χ4n) is 4.01. The highest BCUT2D eigenvalue weighted by Gasteiger charge is 2.37. The van der Waals surface area contributed by atoms with Gasteiger partial charge in [0, 0.05) is 18.3 Å². The Bertz CT molecular complexity index is 1250. The maximum atomic E-state index is 13.4. The van der Waals surface area contributed by atoms with E-state index >= 15 is 0 Å². The summed E-state index contributed by atoms with van der Waals surface area (Å²) in [5, 5.41) is 0. The zero-order valence-corrected chi connectivity index (χ0v) is 18.3. The molecule has 0 aromatic heterocycles. The summed E-state index contributed by atoms with van der Waals surface area (Å²) in [5.41, 5.74) is 2.21. The molecular weight excluding hydrogens is 432 g/mol. The molecular formula is C27H22N2O5. The van der Waals surface area contributed by atoms with Gasteiger partial charge in [0.2, 0.25) is 5.91 Å². The smallest absolute Gasteiger partial charge is 0.262 e. The summed E-state index contributed by atoms with van der Waals surface area (Å²) in [6.07, 6.45) is 3.78. The Morgan fingerprint density at radius 3 is 2.21 bits per heavy atom. The highest BCUT2D eigenvalue weighted by atomic mass is 16.6. The van der Waals surface area contributed by atoms with Crippen molar-refractivity contribution >= 4 is 29.5 Å². The first kappa shape index (κ1) is 21.5. The van der Waals surface area contributed by atoms with Crippen molar-refractivity contribution in [1.29, 1.82) is 0 Å². The number of hydrogen-bond acceptors (Lipinski definition) is 5. The van der Waals surface area contributed by atoms with Gasteiger partial charge in [-0.15, -0.1) is 0 Å². The Hall–Kier alpha value is -4.39. The molecule has 2 heterocycles. The van der Waals surface area contributed by atoms with Crippen LogP contribution in [-0.2, 0) is 4.79 Å². The molecule has 170 valence electrons. The molecule has 0 radical (unpaired) electrons. The van der Waals surface area contributed by atoms with Crippen LogP contribution in [0, 0.1) is 0 Å². The molecule has 2 aliphatic rings. The molecule has 0 saturated heterocycles. The zero-order valence-electron chi connectivity index (χ0n) is 18.3. The molecule has 0 aliphatic carbocycles. The molecule has 0 saturated carbocycles. The number of carbonyl (C=O) groups excluding carboxylic acids is 3. The Morgan fingerprint density at radius 1 is 0.853 bits per heavy atom. The minimum absolute atomic E-state index is 0.247. The third-order valence-corrected chi connectivity index (χ3v) is 5.71. The SMILES string of the molecule is O=C1c2ccccc2C(=O)N1CC(=O)N(CC=Cc1ccccc1)c1ccc2c(c1)OCCO2. The maximum Gasteiger partial charge on any atom is 0.262 e. The van der Waals surface area contributed by atoms with Gasteiger partial charge in [0.25, 0.3) is 11.8 Å². The van der Waals surface area contributed by atoms with Crippen molar-refractivity contribution in [1.82, 2.24) is 4.90 Å². The summed E-state index contributed by atoms with van der Waals surface area (Å²) >= 11 is 0. The molecule has 7 nitrogen and oxygen atoms in total. The van der Waals surface area contributed by atoms with Crippen molar-refractivity contribution in [3.63, 3.8) is 0 Å². The lowest BCUT2D eigenvalue weighted by atomic mass is 10.1. The lowest BCUT2D eigenvalue weighted by Gasteiger charge is -2.26. The second-order valence-electron chi connectivity index (χ2n) is 7.89. The van der Waals surface area contributed by atoms with Crippen molar-refractivity contribution in [3.8, 4) is 11.5 Å². The van der Waals surface area contributed by atoms with Gasteiger partial charge in [-0.2, -0.15) is 0 Å². The fourth-order valence-corrected chi connectivity index (χ4v) is 4.01. The number of hydrogen-bond donors (Lipinski definition) is 0. The van der Waals surface area contributed by atoms with Crippen molar-refractivity contribution in [3.05, 3.63) is 95.6 Å². The van der Waals surface area contributed by atoms with E-state index < -0.39 is 11.8 Å². The van der Waals surface area contributed by atoms with Crippen LogP contribution in [0.15, 0.2) is 78.9 Å². The van der Waals surface area contributed by atoms with Crippen LogP contribution in [0.5, 0.6) is 11.5 Å². The highest BCUT2D eigenvalue weighted by molar-refractivity contribution is 6.22. The van der Waals surface area contributed by atoms with E-state index in [0.29, 0.717) is 41.5 Å². The first-order chi connectivity index (χ1) is 16.6. The Kier molecular flexibility index (Phi) is 5.82. The number of fused-ring (bicyclic) bond motifs is 2. The van der Waals surface area contributed by atoms with Crippen LogP contribution < -0.4 is 14.4 Å². The summed E-state index contributed by atoms with van der Waals surface area (Å²) in [6.45, 7) is 0.776. The maximum absolute atomic E-state index is 13.4. The van der Waals surface area contributed by atoms with Gasteiger partial charge in [-0.05, 0) is 29.8 Å². The van der Waals surface area contributed by atoms with Gasteiger partial charge in [0.05, 0.1) is 11.1 Å². The fraction of sp³-hybridized carbons (Fsp3) is 0.148. The van der Waals surface area contributed by atoms with Gasteiger partial charge in [-0.1, -0.05) is 54.6 Å². The number of nitrogens with zero attached hydrogens (tertiary/aromatic N) is 2. The molecule has 3 amide bonds. The van der Waals surface area contributed by atoms with Crippen LogP contribution >= 0.6 is 0 Å². The van der Waals surface area contributed by atoms with Gasteiger partial charge in [-0.25, -0.2) is 0 Å². The Balaban J connectivity index is 1.41. The molecule has 0 N–H and O–H groups in total. The molecule has 3 aromatic rings. The number of anilines is 1. The zero-order chi connectivity index (χ0) is 23.5. The van der Waals surface area contributed by atoms with Crippen LogP contribution in [-0.4, -0.2) is 48.9 Å². The van der Waals surface area contributed by atoms with Crippen molar-refractivity contribution in [2.24, 2.45) is 0 Å². The lowest BCUT2D eigenvalue weighted by Crippen LogP contribution is -2.43. The average Bonchev–Trinajstić information content (AvgIpc) is 3.12. The van der Waals surface area contributed by atoms with Crippen molar-refractivity contribution in [2.75, 3.05) is 31.2 Å². The normalized spacial score (nSPS) is 14.4. The van der Waals surface area contributed by atoms with Crippen LogP contribution in [0.25, 0.3) is 6.08 Å². The molecule has 34 heavy (non-hydrogen) atoms. The molecule has 7 heteroatoms. The second-order valence-corrected chi connectivity index (χ2v) is 7.89. The van der Waals surface area contributed by atoms with E-state index in [2.05, 4.69) is 0 Å². The second kappa shape index (κ2) is 9.23. The predicted octanol–water partition coefficient (Wildman–Crippen LogP) is 3.80. The number of imide groups is 1. The number of carbonyl (C=O) groups is 3.